The minimum absolute atomic E-state index is 0.210. The van der Waals surface area contributed by atoms with Crippen LogP contribution in [0.5, 0.6) is 0 Å². The van der Waals surface area contributed by atoms with Crippen molar-refractivity contribution in [2.75, 3.05) is 0 Å². The number of hydrogen-bond donors (Lipinski definition) is 0. The van der Waals surface area contributed by atoms with E-state index in [0.717, 1.165) is 12.8 Å². The molecule has 1 heteroatoms. The average Bonchev–Trinajstić information content (AvgIpc) is 1.87. The van der Waals surface area contributed by atoms with Crippen LogP contribution in [0.15, 0.2) is 0 Å². The lowest BCUT2D eigenvalue weighted by Gasteiger charge is -2.10. The summed E-state index contributed by atoms with van der Waals surface area (Å²) in [5.41, 5.74) is 0. The quantitative estimate of drug-likeness (QED) is 0.589. The molecule has 0 fully saturated rings. The molecule has 0 heterocycles. The van der Waals surface area contributed by atoms with Crippen LogP contribution in [0.3, 0.4) is 0 Å². The molecule has 0 aliphatic carbocycles. The Bertz CT molecular complexity index is 105. The van der Waals surface area contributed by atoms with E-state index in [4.69, 9.17) is 0 Å². The third kappa shape index (κ3) is 3.00. The number of ketones is 1. The lowest BCUT2D eigenvalue weighted by Crippen LogP contribution is -2.16. The summed E-state index contributed by atoms with van der Waals surface area (Å²) in [5, 5.41) is 0. The van der Waals surface area contributed by atoms with Crippen LogP contribution in [0.4, 0.5) is 0 Å². The number of carbonyl (C=O) groups is 1. The Kier molecular flexibility index (Phi) is 4.33. The van der Waals surface area contributed by atoms with Gasteiger partial charge < -0.3 is 0 Å². The van der Waals surface area contributed by atoms with Gasteiger partial charge in [0.1, 0.15) is 5.78 Å². The molecular weight excluding hydrogens is 124 g/mol. The molecule has 0 aromatic heterocycles. The van der Waals surface area contributed by atoms with Crippen molar-refractivity contribution in [3.63, 3.8) is 0 Å². The smallest absolute Gasteiger partial charge is 0.138 e. The largest absolute Gasteiger partial charge is 0.299 e. The summed E-state index contributed by atoms with van der Waals surface area (Å²) < 4.78 is 0. The van der Waals surface area contributed by atoms with E-state index in [9.17, 15) is 4.79 Å². The molecule has 0 rings (SSSR count). The minimum atomic E-state index is 0.210. The second-order valence-electron chi connectivity index (χ2n) is 3.25. The topological polar surface area (TPSA) is 17.1 Å². The Morgan fingerprint density at radius 1 is 1.30 bits per heavy atom. The van der Waals surface area contributed by atoms with Crippen LogP contribution >= 0.6 is 0 Å². The monoisotopic (exact) mass is 142 g/mol. The predicted molar refractivity (Wildman–Crippen MR) is 43.9 cm³/mol. The molecule has 0 aromatic carbocycles. The summed E-state index contributed by atoms with van der Waals surface area (Å²) in [6, 6.07) is 0. The van der Waals surface area contributed by atoms with Crippen molar-refractivity contribution in [2.24, 2.45) is 11.8 Å². The maximum atomic E-state index is 11.2. The van der Waals surface area contributed by atoms with Gasteiger partial charge in [-0.05, 0) is 6.42 Å². The first kappa shape index (κ1) is 9.67. The number of Topliss-reactive ketones (excluding diaryl/α,β-unsaturated/α-hetero) is 1. The first-order valence-corrected chi connectivity index (χ1v) is 4.13. The van der Waals surface area contributed by atoms with E-state index in [1.807, 2.05) is 20.8 Å². The Morgan fingerprint density at radius 2 is 1.80 bits per heavy atom. The van der Waals surface area contributed by atoms with E-state index in [1.165, 1.54) is 0 Å². The molecule has 0 aromatic rings. The highest BCUT2D eigenvalue weighted by molar-refractivity contribution is 5.82. The number of rotatable bonds is 4. The molecule has 1 nitrogen and oxygen atoms in total. The molecule has 0 saturated carbocycles. The van der Waals surface area contributed by atoms with E-state index >= 15 is 0 Å². The second kappa shape index (κ2) is 4.48. The van der Waals surface area contributed by atoms with Gasteiger partial charge in [-0.15, -0.1) is 0 Å². The fraction of sp³-hybridized carbons (Fsp3) is 0.889. The van der Waals surface area contributed by atoms with Gasteiger partial charge in [-0.25, -0.2) is 0 Å². The van der Waals surface area contributed by atoms with Crippen LogP contribution < -0.4 is 0 Å². The second-order valence-corrected chi connectivity index (χ2v) is 3.25. The third-order valence-corrected chi connectivity index (χ3v) is 1.78. The summed E-state index contributed by atoms with van der Waals surface area (Å²) in [6.07, 6.45) is 2.15. The van der Waals surface area contributed by atoms with Gasteiger partial charge in [0.2, 0.25) is 0 Å². The zero-order valence-electron chi connectivity index (χ0n) is 7.48. The van der Waals surface area contributed by atoms with Crippen molar-refractivity contribution in [3.05, 3.63) is 0 Å². The van der Waals surface area contributed by atoms with Crippen LogP contribution in [0.2, 0.25) is 0 Å². The molecule has 0 N–H and O–H groups in total. The van der Waals surface area contributed by atoms with Gasteiger partial charge in [0.15, 0.2) is 0 Å². The molecule has 0 spiro atoms. The van der Waals surface area contributed by atoms with Crippen molar-refractivity contribution in [3.8, 4) is 0 Å². The average molecular weight is 142 g/mol. The summed E-state index contributed by atoms with van der Waals surface area (Å²) in [4.78, 5) is 11.2. The minimum Gasteiger partial charge on any atom is -0.299 e. The molecule has 0 aliphatic heterocycles. The molecule has 1 atom stereocenters. The zero-order chi connectivity index (χ0) is 8.15. The maximum Gasteiger partial charge on any atom is 0.138 e. The molecule has 10 heavy (non-hydrogen) atoms. The van der Waals surface area contributed by atoms with Crippen molar-refractivity contribution < 1.29 is 4.79 Å². The first-order chi connectivity index (χ1) is 4.59. The normalized spacial score (nSPS) is 13.7. The van der Waals surface area contributed by atoms with Gasteiger partial charge in [-0.2, -0.15) is 0 Å². The van der Waals surface area contributed by atoms with Gasteiger partial charge in [-0.3, -0.25) is 4.79 Å². The summed E-state index contributed by atoms with van der Waals surface area (Å²) in [6.45, 7) is 8.07. The molecule has 0 aliphatic rings. The van der Waals surface area contributed by atoms with Crippen LogP contribution in [0.25, 0.3) is 0 Å². The maximum absolute atomic E-state index is 11.2. The van der Waals surface area contributed by atoms with E-state index in [2.05, 4.69) is 6.92 Å². The summed E-state index contributed by atoms with van der Waals surface area (Å²) in [5.74, 6) is 0.883. The zero-order valence-corrected chi connectivity index (χ0v) is 7.48. The first-order valence-electron chi connectivity index (χ1n) is 4.13. The fourth-order valence-corrected chi connectivity index (χ4v) is 1.14. The number of hydrogen-bond acceptors (Lipinski definition) is 1. The molecule has 0 amide bonds. The van der Waals surface area contributed by atoms with Crippen molar-refractivity contribution in [2.45, 2.75) is 40.5 Å². The molecule has 60 valence electrons. The SMILES string of the molecule is CCC[C@@H](C)C(=O)C(C)C. The lowest BCUT2D eigenvalue weighted by molar-refractivity contribution is -0.125. The van der Waals surface area contributed by atoms with Crippen molar-refractivity contribution in [1.82, 2.24) is 0 Å². The Morgan fingerprint density at radius 3 is 2.10 bits per heavy atom. The van der Waals surface area contributed by atoms with Crippen LogP contribution in [0.1, 0.15) is 40.5 Å². The fourth-order valence-electron chi connectivity index (χ4n) is 1.14. The van der Waals surface area contributed by atoms with E-state index in [1.54, 1.807) is 0 Å². The highest BCUT2D eigenvalue weighted by Crippen LogP contribution is 2.11. The molecule has 0 radical (unpaired) electrons. The Hall–Kier alpha value is -0.330. The Balaban J connectivity index is 3.71. The van der Waals surface area contributed by atoms with Crippen LogP contribution in [-0.2, 0) is 4.79 Å². The van der Waals surface area contributed by atoms with Crippen LogP contribution in [0, 0.1) is 11.8 Å². The Labute approximate surface area is 63.8 Å². The van der Waals surface area contributed by atoms with E-state index in [-0.39, 0.29) is 11.8 Å². The van der Waals surface area contributed by atoms with E-state index in [0.29, 0.717) is 5.78 Å². The molecule has 0 bridgehead atoms. The van der Waals surface area contributed by atoms with Gasteiger partial charge in [-0.1, -0.05) is 34.1 Å². The van der Waals surface area contributed by atoms with Crippen molar-refractivity contribution >= 4 is 5.78 Å². The lowest BCUT2D eigenvalue weighted by atomic mass is 9.93. The van der Waals surface area contributed by atoms with Gasteiger partial charge in [0.25, 0.3) is 0 Å². The third-order valence-electron chi connectivity index (χ3n) is 1.78. The molecular formula is C9H18O. The van der Waals surface area contributed by atoms with Gasteiger partial charge in [0.05, 0.1) is 0 Å². The standard InChI is InChI=1S/C9H18O/c1-5-6-8(4)9(10)7(2)3/h7-8H,5-6H2,1-4H3/t8-/m1/s1. The highest BCUT2D eigenvalue weighted by Gasteiger charge is 2.14. The predicted octanol–water partition coefficient (Wildman–Crippen LogP) is 2.65. The molecule has 0 saturated heterocycles. The van der Waals surface area contributed by atoms with E-state index < -0.39 is 0 Å². The van der Waals surface area contributed by atoms with Gasteiger partial charge >= 0.3 is 0 Å². The summed E-state index contributed by atoms with van der Waals surface area (Å²) >= 11 is 0. The highest BCUT2D eigenvalue weighted by atomic mass is 16.1. The molecule has 0 unspecified atom stereocenters. The van der Waals surface area contributed by atoms with Crippen LogP contribution in [-0.4, -0.2) is 5.78 Å². The van der Waals surface area contributed by atoms with Gasteiger partial charge in [0, 0.05) is 11.8 Å². The summed E-state index contributed by atoms with van der Waals surface area (Å²) in [7, 11) is 0. The number of carbonyl (C=O) groups excluding carboxylic acids is 1. The van der Waals surface area contributed by atoms with Crippen molar-refractivity contribution in [1.29, 1.82) is 0 Å².